The van der Waals surface area contributed by atoms with Gasteiger partial charge in [0.25, 0.3) is 0 Å². The number of methoxy groups -OCH3 is 2. The largest absolute Gasteiger partial charge is 0.497 e. The number of hydrogen-bond donors (Lipinski definition) is 3. The van der Waals surface area contributed by atoms with Crippen molar-refractivity contribution in [3.63, 3.8) is 0 Å². The summed E-state index contributed by atoms with van der Waals surface area (Å²) in [6.45, 7) is 6.76. The van der Waals surface area contributed by atoms with Crippen LogP contribution in [0.2, 0.25) is 0 Å². The Bertz CT molecular complexity index is 662. The summed E-state index contributed by atoms with van der Waals surface area (Å²) in [5.41, 5.74) is 1.08. The molecular formula is C20H34IN5O3. The lowest BCUT2D eigenvalue weighted by Gasteiger charge is -2.21. The van der Waals surface area contributed by atoms with Crippen molar-refractivity contribution in [2.24, 2.45) is 10.9 Å². The smallest absolute Gasteiger partial charge is 0.222 e. The standard InChI is InChI=1S/C20H33N5O3.HI/c1-14(2)19(26)22-7-8-23-20(21-3)24-15-6-9-25(13-15)16-10-17(27-4)12-18(11-16)28-5;/h10-12,14-15H,6-9,13H2,1-5H3,(H,22,26)(H2,21,23,24);1H. The number of anilines is 1. The second kappa shape index (κ2) is 12.6. The van der Waals surface area contributed by atoms with Crippen LogP contribution in [0.5, 0.6) is 11.5 Å². The summed E-state index contributed by atoms with van der Waals surface area (Å²) in [6.07, 6.45) is 1.00. The first-order valence-corrected chi connectivity index (χ1v) is 9.69. The number of benzene rings is 1. The summed E-state index contributed by atoms with van der Waals surface area (Å²) in [6, 6.07) is 6.21. The third-order valence-corrected chi connectivity index (χ3v) is 4.70. The van der Waals surface area contributed by atoms with E-state index in [-0.39, 0.29) is 41.8 Å². The number of carbonyl (C=O) groups excluding carboxylic acids is 1. The molecule has 1 heterocycles. The summed E-state index contributed by atoms with van der Waals surface area (Å²) in [4.78, 5) is 18.2. The monoisotopic (exact) mass is 519 g/mol. The van der Waals surface area contributed by atoms with Crippen LogP contribution < -0.4 is 30.3 Å². The molecule has 0 saturated carbocycles. The molecule has 2 rings (SSSR count). The zero-order valence-corrected chi connectivity index (χ0v) is 20.3. The topological polar surface area (TPSA) is 87.2 Å². The third kappa shape index (κ3) is 7.79. The van der Waals surface area contributed by atoms with Gasteiger partial charge in [-0.05, 0) is 6.42 Å². The summed E-state index contributed by atoms with van der Waals surface area (Å²) in [5, 5.41) is 9.59. The number of aliphatic imine (C=N–C) groups is 1. The lowest BCUT2D eigenvalue weighted by Crippen LogP contribution is -2.46. The van der Waals surface area contributed by atoms with Gasteiger partial charge >= 0.3 is 0 Å². The van der Waals surface area contributed by atoms with Crippen molar-refractivity contribution in [1.29, 1.82) is 0 Å². The quantitative estimate of drug-likeness (QED) is 0.210. The van der Waals surface area contributed by atoms with Crippen molar-refractivity contribution in [3.05, 3.63) is 18.2 Å². The zero-order chi connectivity index (χ0) is 20.5. The Morgan fingerprint density at radius 2 is 1.79 bits per heavy atom. The molecule has 3 N–H and O–H groups in total. The Morgan fingerprint density at radius 1 is 1.17 bits per heavy atom. The van der Waals surface area contributed by atoms with Gasteiger partial charge in [0, 0.05) is 69.1 Å². The predicted octanol–water partition coefficient (Wildman–Crippen LogP) is 1.84. The molecule has 0 aromatic heterocycles. The van der Waals surface area contributed by atoms with E-state index in [1.807, 2.05) is 32.0 Å². The van der Waals surface area contributed by atoms with E-state index >= 15 is 0 Å². The number of rotatable bonds is 8. The van der Waals surface area contributed by atoms with Gasteiger partial charge in [0.2, 0.25) is 5.91 Å². The Balaban J connectivity index is 0.00000420. The van der Waals surface area contributed by atoms with E-state index < -0.39 is 0 Å². The van der Waals surface area contributed by atoms with E-state index in [0.29, 0.717) is 13.1 Å². The van der Waals surface area contributed by atoms with Gasteiger partial charge < -0.3 is 30.3 Å². The molecule has 1 aromatic carbocycles. The van der Waals surface area contributed by atoms with E-state index in [4.69, 9.17) is 9.47 Å². The SMILES string of the molecule is CN=C(NCCNC(=O)C(C)C)NC1CCN(c2cc(OC)cc(OC)c2)C1.I. The number of amides is 1. The molecule has 1 saturated heterocycles. The molecule has 1 aromatic rings. The van der Waals surface area contributed by atoms with Gasteiger partial charge in [-0.2, -0.15) is 0 Å². The summed E-state index contributed by atoms with van der Waals surface area (Å²) in [7, 11) is 5.07. The third-order valence-electron chi connectivity index (χ3n) is 4.70. The highest BCUT2D eigenvalue weighted by Crippen LogP contribution is 2.30. The average Bonchev–Trinajstić information content (AvgIpc) is 3.18. The normalized spacial score (nSPS) is 16.3. The molecule has 8 nitrogen and oxygen atoms in total. The second-order valence-corrected chi connectivity index (χ2v) is 7.09. The van der Waals surface area contributed by atoms with Crippen LogP contribution in [-0.4, -0.2) is 65.4 Å². The maximum atomic E-state index is 11.6. The van der Waals surface area contributed by atoms with Gasteiger partial charge in [-0.15, -0.1) is 24.0 Å². The molecule has 1 aliphatic heterocycles. The maximum absolute atomic E-state index is 11.6. The number of hydrogen-bond acceptors (Lipinski definition) is 5. The van der Waals surface area contributed by atoms with Crippen molar-refractivity contribution < 1.29 is 14.3 Å². The molecule has 1 unspecified atom stereocenters. The van der Waals surface area contributed by atoms with E-state index in [9.17, 15) is 4.79 Å². The minimum atomic E-state index is -0.00264. The van der Waals surface area contributed by atoms with E-state index in [1.165, 1.54) is 0 Å². The molecule has 1 atom stereocenters. The van der Waals surface area contributed by atoms with Crippen molar-refractivity contribution in [2.75, 3.05) is 52.3 Å². The van der Waals surface area contributed by atoms with Crippen molar-refractivity contribution in [2.45, 2.75) is 26.3 Å². The Kier molecular flexibility index (Phi) is 10.9. The Hall–Kier alpha value is -1.91. The molecule has 0 bridgehead atoms. The molecule has 0 radical (unpaired) electrons. The maximum Gasteiger partial charge on any atom is 0.222 e. The van der Waals surface area contributed by atoms with E-state index in [2.05, 4.69) is 25.8 Å². The number of nitrogens with zero attached hydrogens (tertiary/aromatic N) is 2. The number of ether oxygens (including phenoxy) is 2. The molecule has 1 aliphatic rings. The minimum Gasteiger partial charge on any atom is -0.497 e. The molecule has 0 spiro atoms. The number of nitrogens with one attached hydrogen (secondary N) is 3. The summed E-state index contributed by atoms with van der Waals surface area (Å²) in [5.74, 6) is 2.37. The number of carbonyl (C=O) groups is 1. The van der Waals surface area contributed by atoms with E-state index in [0.717, 1.165) is 42.7 Å². The first-order chi connectivity index (χ1) is 13.5. The van der Waals surface area contributed by atoms with Crippen molar-refractivity contribution in [3.8, 4) is 11.5 Å². The van der Waals surface area contributed by atoms with Crippen LogP contribution in [0.3, 0.4) is 0 Å². The number of guanidine groups is 1. The molecule has 9 heteroatoms. The number of halogens is 1. The minimum absolute atomic E-state index is 0. The Labute approximate surface area is 190 Å². The highest BCUT2D eigenvalue weighted by Gasteiger charge is 2.24. The van der Waals surface area contributed by atoms with Crippen LogP contribution in [0.1, 0.15) is 20.3 Å². The van der Waals surface area contributed by atoms with Crippen LogP contribution in [0.15, 0.2) is 23.2 Å². The first kappa shape index (κ1) is 25.1. The second-order valence-electron chi connectivity index (χ2n) is 7.09. The van der Waals surface area contributed by atoms with Gasteiger partial charge in [-0.1, -0.05) is 13.8 Å². The predicted molar refractivity (Wildman–Crippen MR) is 128 cm³/mol. The van der Waals surface area contributed by atoms with Crippen LogP contribution in [0.25, 0.3) is 0 Å². The highest BCUT2D eigenvalue weighted by molar-refractivity contribution is 14.0. The fourth-order valence-electron chi connectivity index (χ4n) is 3.05. The van der Waals surface area contributed by atoms with Gasteiger partial charge in [0.1, 0.15) is 11.5 Å². The molecule has 1 amide bonds. The highest BCUT2D eigenvalue weighted by atomic mass is 127. The van der Waals surface area contributed by atoms with Crippen LogP contribution >= 0.6 is 24.0 Å². The van der Waals surface area contributed by atoms with Crippen molar-refractivity contribution in [1.82, 2.24) is 16.0 Å². The zero-order valence-electron chi connectivity index (χ0n) is 17.9. The molecular weight excluding hydrogens is 485 g/mol. The van der Waals surface area contributed by atoms with Gasteiger partial charge in [-0.25, -0.2) is 0 Å². The fourth-order valence-corrected chi connectivity index (χ4v) is 3.05. The van der Waals surface area contributed by atoms with Crippen LogP contribution in [0, 0.1) is 5.92 Å². The van der Waals surface area contributed by atoms with Crippen LogP contribution in [-0.2, 0) is 4.79 Å². The van der Waals surface area contributed by atoms with Crippen LogP contribution in [0.4, 0.5) is 5.69 Å². The lowest BCUT2D eigenvalue weighted by atomic mass is 10.2. The average molecular weight is 519 g/mol. The van der Waals surface area contributed by atoms with Gasteiger partial charge in [-0.3, -0.25) is 9.79 Å². The van der Waals surface area contributed by atoms with Gasteiger partial charge in [0.15, 0.2) is 5.96 Å². The van der Waals surface area contributed by atoms with Crippen molar-refractivity contribution >= 4 is 41.5 Å². The summed E-state index contributed by atoms with van der Waals surface area (Å²) < 4.78 is 10.7. The molecule has 0 aliphatic carbocycles. The molecule has 164 valence electrons. The fraction of sp³-hybridized carbons (Fsp3) is 0.600. The molecule has 1 fully saturated rings. The summed E-state index contributed by atoms with van der Waals surface area (Å²) >= 11 is 0. The lowest BCUT2D eigenvalue weighted by molar-refractivity contribution is -0.123. The molecule has 29 heavy (non-hydrogen) atoms. The first-order valence-electron chi connectivity index (χ1n) is 9.69. The Morgan fingerprint density at radius 3 is 2.34 bits per heavy atom. The van der Waals surface area contributed by atoms with Gasteiger partial charge in [0.05, 0.1) is 14.2 Å². The van der Waals surface area contributed by atoms with E-state index in [1.54, 1.807) is 21.3 Å².